The van der Waals surface area contributed by atoms with Crippen LogP contribution in [0.25, 0.3) is 10.8 Å². The van der Waals surface area contributed by atoms with Gasteiger partial charge < -0.3 is 9.84 Å². The van der Waals surface area contributed by atoms with Crippen LogP contribution in [-0.2, 0) is 6.61 Å². The Hall–Kier alpha value is -2.48. The summed E-state index contributed by atoms with van der Waals surface area (Å²) in [5.74, 6) is 1.11. The molecular weight excluding hydrogens is 248 g/mol. The van der Waals surface area contributed by atoms with Crippen molar-refractivity contribution in [3.8, 4) is 11.5 Å². The van der Waals surface area contributed by atoms with Crippen LogP contribution < -0.4 is 4.74 Å². The molecule has 0 bridgehead atoms. The van der Waals surface area contributed by atoms with Gasteiger partial charge in [-0.3, -0.25) is 0 Å². The molecule has 0 aromatic heterocycles. The minimum Gasteiger partial charge on any atom is -0.507 e. The van der Waals surface area contributed by atoms with Crippen molar-refractivity contribution in [1.29, 1.82) is 0 Å². The summed E-state index contributed by atoms with van der Waals surface area (Å²) in [5.41, 5.74) is 2.00. The van der Waals surface area contributed by atoms with Gasteiger partial charge in [0.2, 0.25) is 0 Å². The predicted molar refractivity (Wildman–Crippen MR) is 81.1 cm³/mol. The second-order valence-electron chi connectivity index (χ2n) is 4.90. The number of aryl methyl sites for hydroxylation is 1. The lowest BCUT2D eigenvalue weighted by atomic mass is 10.1. The van der Waals surface area contributed by atoms with Crippen molar-refractivity contribution >= 4 is 10.8 Å². The van der Waals surface area contributed by atoms with Gasteiger partial charge in [-0.25, -0.2) is 0 Å². The number of aromatic hydroxyl groups is 1. The maximum Gasteiger partial charge on any atom is 0.130 e. The molecule has 2 nitrogen and oxygen atoms in total. The second kappa shape index (κ2) is 5.25. The van der Waals surface area contributed by atoms with E-state index in [9.17, 15) is 5.11 Å². The average molecular weight is 264 g/mol. The zero-order valence-electron chi connectivity index (χ0n) is 11.3. The van der Waals surface area contributed by atoms with E-state index in [0.29, 0.717) is 12.4 Å². The summed E-state index contributed by atoms with van der Waals surface area (Å²) >= 11 is 0. The molecule has 0 atom stereocenters. The molecule has 0 saturated carbocycles. The van der Waals surface area contributed by atoms with Crippen LogP contribution >= 0.6 is 0 Å². The first kappa shape index (κ1) is 12.5. The van der Waals surface area contributed by atoms with E-state index in [-0.39, 0.29) is 0 Å². The lowest BCUT2D eigenvalue weighted by Gasteiger charge is -2.10. The van der Waals surface area contributed by atoms with Gasteiger partial charge >= 0.3 is 0 Å². The molecule has 100 valence electrons. The number of hydrogen-bond acceptors (Lipinski definition) is 2. The number of ether oxygens (including phenoxy) is 1. The molecule has 0 amide bonds. The molecule has 0 saturated heterocycles. The summed E-state index contributed by atoms with van der Waals surface area (Å²) in [7, 11) is 0. The van der Waals surface area contributed by atoms with Crippen LogP contribution in [0, 0.1) is 6.92 Å². The number of phenols is 1. The molecule has 3 aromatic carbocycles. The highest BCUT2D eigenvalue weighted by Crippen LogP contribution is 2.29. The minimum atomic E-state index is 0.301. The molecule has 0 aliphatic carbocycles. The molecule has 0 aliphatic heterocycles. The van der Waals surface area contributed by atoms with Crippen molar-refractivity contribution in [3.63, 3.8) is 0 Å². The molecule has 0 radical (unpaired) electrons. The van der Waals surface area contributed by atoms with Crippen molar-refractivity contribution in [1.82, 2.24) is 0 Å². The summed E-state index contributed by atoms with van der Waals surface area (Å²) in [6, 6.07) is 19.6. The highest BCUT2D eigenvalue weighted by Gasteiger charge is 2.06. The summed E-state index contributed by atoms with van der Waals surface area (Å²) in [6.07, 6.45) is 0. The van der Waals surface area contributed by atoms with Crippen molar-refractivity contribution in [3.05, 3.63) is 71.8 Å². The van der Waals surface area contributed by atoms with Gasteiger partial charge in [0.05, 0.1) is 0 Å². The molecule has 2 heteroatoms. The first-order valence-electron chi connectivity index (χ1n) is 6.63. The fourth-order valence-electron chi connectivity index (χ4n) is 2.21. The molecule has 0 aliphatic rings. The largest absolute Gasteiger partial charge is 0.507 e. The smallest absolute Gasteiger partial charge is 0.130 e. The Morgan fingerprint density at radius 3 is 2.45 bits per heavy atom. The maximum absolute atomic E-state index is 10.3. The van der Waals surface area contributed by atoms with Crippen LogP contribution in [0.5, 0.6) is 11.5 Å². The van der Waals surface area contributed by atoms with Gasteiger partial charge in [0.15, 0.2) is 0 Å². The van der Waals surface area contributed by atoms with E-state index in [2.05, 4.69) is 0 Å². The molecule has 0 heterocycles. The number of benzene rings is 3. The molecular formula is C18H16O2. The molecule has 20 heavy (non-hydrogen) atoms. The number of fused-ring (bicyclic) bond motifs is 1. The van der Waals surface area contributed by atoms with Crippen LogP contribution in [0.3, 0.4) is 0 Å². The van der Waals surface area contributed by atoms with Crippen molar-refractivity contribution in [2.45, 2.75) is 13.5 Å². The molecule has 0 fully saturated rings. The monoisotopic (exact) mass is 264 g/mol. The Bertz CT molecular complexity index is 730. The third kappa shape index (κ3) is 2.45. The van der Waals surface area contributed by atoms with Crippen molar-refractivity contribution < 1.29 is 9.84 Å². The molecule has 0 spiro atoms. The van der Waals surface area contributed by atoms with Gasteiger partial charge in [-0.1, -0.05) is 54.1 Å². The van der Waals surface area contributed by atoms with E-state index >= 15 is 0 Å². The van der Waals surface area contributed by atoms with Crippen LogP contribution in [0.15, 0.2) is 60.7 Å². The Balaban J connectivity index is 1.84. The Morgan fingerprint density at radius 2 is 1.65 bits per heavy atom. The number of phenolic OH excluding ortho intramolecular Hbond substituents is 1. The normalized spacial score (nSPS) is 10.7. The van der Waals surface area contributed by atoms with E-state index in [1.807, 2.05) is 67.6 Å². The molecule has 3 aromatic rings. The molecule has 0 unspecified atom stereocenters. The quantitative estimate of drug-likeness (QED) is 0.758. The van der Waals surface area contributed by atoms with Crippen LogP contribution in [0.4, 0.5) is 0 Å². The summed E-state index contributed by atoms with van der Waals surface area (Å²) < 4.78 is 5.72. The topological polar surface area (TPSA) is 29.5 Å². The second-order valence-corrected chi connectivity index (χ2v) is 4.90. The fourth-order valence-corrected chi connectivity index (χ4v) is 2.21. The van der Waals surface area contributed by atoms with Gasteiger partial charge in [0.25, 0.3) is 0 Å². The predicted octanol–water partition coefficient (Wildman–Crippen LogP) is 4.43. The third-order valence-electron chi connectivity index (χ3n) is 3.40. The highest BCUT2D eigenvalue weighted by molar-refractivity contribution is 5.89. The van der Waals surface area contributed by atoms with Crippen LogP contribution in [0.2, 0.25) is 0 Å². The third-order valence-corrected chi connectivity index (χ3v) is 3.40. The van der Waals surface area contributed by atoms with E-state index in [0.717, 1.165) is 22.1 Å². The zero-order valence-corrected chi connectivity index (χ0v) is 11.3. The molecule has 1 N–H and O–H groups in total. The van der Waals surface area contributed by atoms with E-state index < -0.39 is 0 Å². The van der Waals surface area contributed by atoms with Crippen molar-refractivity contribution in [2.75, 3.05) is 0 Å². The lowest BCUT2D eigenvalue weighted by Crippen LogP contribution is -1.96. The van der Waals surface area contributed by atoms with E-state index in [1.54, 1.807) is 0 Å². The van der Waals surface area contributed by atoms with Crippen LogP contribution in [-0.4, -0.2) is 5.11 Å². The Morgan fingerprint density at radius 1 is 0.900 bits per heavy atom. The van der Waals surface area contributed by atoms with E-state index in [1.165, 1.54) is 5.56 Å². The van der Waals surface area contributed by atoms with Gasteiger partial charge in [-0.2, -0.15) is 0 Å². The summed E-state index contributed by atoms with van der Waals surface area (Å²) in [4.78, 5) is 0. The maximum atomic E-state index is 10.3. The lowest BCUT2D eigenvalue weighted by molar-refractivity contribution is 0.299. The first-order valence-corrected chi connectivity index (χ1v) is 6.63. The Labute approximate surface area is 118 Å². The van der Waals surface area contributed by atoms with Gasteiger partial charge in [-0.05, 0) is 24.4 Å². The minimum absolute atomic E-state index is 0.301. The zero-order chi connectivity index (χ0) is 13.9. The standard InChI is InChI=1S/C18H16O2/c1-13-6-10-16(11-7-13)20-12-15-9-8-14-4-2-3-5-17(14)18(15)19/h2-11,19H,12H2,1H3. The first-order chi connectivity index (χ1) is 9.74. The van der Waals surface area contributed by atoms with Crippen LogP contribution in [0.1, 0.15) is 11.1 Å². The van der Waals surface area contributed by atoms with E-state index in [4.69, 9.17) is 4.74 Å². The molecule has 3 rings (SSSR count). The van der Waals surface area contributed by atoms with Crippen molar-refractivity contribution in [2.24, 2.45) is 0 Å². The fraction of sp³-hybridized carbons (Fsp3) is 0.111. The average Bonchev–Trinajstić information content (AvgIpc) is 2.49. The number of hydrogen-bond donors (Lipinski definition) is 1. The Kier molecular flexibility index (Phi) is 3.30. The highest BCUT2D eigenvalue weighted by atomic mass is 16.5. The van der Waals surface area contributed by atoms with Gasteiger partial charge in [0.1, 0.15) is 18.1 Å². The summed E-state index contributed by atoms with van der Waals surface area (Å²) in [5, 5.41) is 12.2. The van der Waals surface area contributed by atoms with Gasteiger partial charge in [0, 0.05) is 10.9 Å². The van der Waals surface area contributed by atoms with Gasteiger partial charge in [-0.15, -0.1) is 0 Å². The number of rotatable bonds is 3. The SMILES string of the molecule is Cc1ccc(OCc2ccc3ccccc3c2O)cc1. The summed E-state index contributed by atoms with van der Waals surface area (Å²) in [6.45, 7) is 2.40.